The van der Waals surface area contributed by atoms with E-state index in [2.05, 4.69) is 0 Å². The Morgan fingerprint density at radius 3 is 2.35 bits per heavy atom. The molecule has 1 atom stereocenters. The Balaban J connectivity index is 0.00000256. The third-order valence-corrected chi connectivity index (χ3v) is 2.57. The van der Waals surface area contributed by atoms with Gasteiger partial charge in [-0.1, -0.05) is 24.6 Å². The molecule has 5 heteroatoms. The van der Waals surface area contributed by atoms with Gasteiger partial charge in [0.1, 0.15) is 0 Å². The highest BCUT2D eigenvalue weighted by molar-refractivity contribution is 5.85. The van der Waals surface area contributed by atoms with Gasteiger partial charge in [0.2, 0.25) is 0 Å². The summed E-state index contributed by atoms with van der Waals surface area (Å²) in [6.07, 6.45) is -3.35. The predicted molar refractivity (Wildman–Crippen MR) is 65.4 cm³/mol. The summed E-state index contributed by atoms with van der Waals surface area (Å²) in [5.74, 6) is 0. The zero-order chi connectivity index (χ0) is 12.3. The van der Waals surface area contributed by atoms with Gasteiger partial charge in [0.15, 0.2) is 0 Å². The van der Waals surface area contributed by atoms with Gasteiger partial charge in [0.05, 0.1) is 5.56 Å². The minimum Gasteiger partial charge on any atom is -0.327 e. The maximum Gasteiger partial charge on any atom is 0.416 e. The molecule has 1 aromatic carbocycles. The van der Waals surface area contributed by atoms with Crippen LogP contribution in [0, 0.1) is 6.92 Å². The molecule has 1 unspecified atom stereocenters. The van der Waals surface area contributed by atoms with Gasteiger partial charge in [-0.25, -0.2) is 0 Å². The van der Waals surface area contributed by atoms with Crippen molar-refractivity contribution in [2.24, 2.45) is 5.73 Å². The summed E-state index contributed by atoms with van der Waals surface area (Å²) in [4.78, 5) is 0. The molecule has 2 N–H and O–H groups in total. The van der Waals surface area contributed by atoms with Crippen LogP contribution in [0.15, 0.2) is 18.2 Å². The summed E-state index contributed by atoms with van der Waals surface area (Å²) >= 11 is 0. The SMILES string of the molecule is CCC(N)Cc1cc(C)ccc1C(F)(F)F.Cl. The van der Waals surface area contributed by atoms with Crippen LogP contribution in [-0.4, -0.2) is 6.04 Å². The molecule has 1 rings (SSSR count). The topological polar surface area (TPSA) is 26.0 Å². The van der Waals surface area contributed by atoms with Crippen molar-refractivity contribution in [3.8, 4) is 0 Å². The number of rotatable bonds is 3. The first-order valence-electron chi connectivity index (χ1n) is 5.27. The number of benzene rings is 1. The maximum absolute atomic E-state index is 12.7. The van der Waals surface area contributed by atoms with E-state index in [-0.39, 0.29) is 24.9 Å². The molecule has 98 valence electrons. The van der Waals surface area contributed by atoms with E-state index in [9.17, 15) is 13.2 Å². The molecule has 0 aromatic heterocycles. The Bertz CT molecular complexity index is 363. The van der Waals surface area contributed by atoms with Crippen LogP contribution < -0.4 is 5.73 Å². The highest BCUT2D eigenvalue weighted by Crippen LogP contribution is 2.33. The van der Waals surface area contributed by atoms with Crippen LogP contribution >= 0.6 is 12.4 Å². The molecule has 0 heterocycles. The molecule has 0 fully saturated rings. The molecule has 0 aliphatic rings. The van der Waals surface area contributed by atoms with E-state index < -0.39 is 11.7 Å². The van der Waals surface area contributed by atoms with E-state index in [1.165, 1.54) is 6.07 Å². The summed E-state index contributed by atoms with van der Waals surface area (Å²) in [5.41, 5.74) is 6.25. The number of alkyl halides is 3. The van der Waals surface area contributed by atoms with Gasteiger partial charge < -0.3 is 5.73 Å². The van der Waals surface area contributed by atoms with Crippen LogP contribution in [0.5, 0.6) is 0 Å². The molecule has 1 aromatic rings. The number of hydrogen-bond acceptors (Lipinski definition) is 1. The minimum absolute atomic E-state index is 0. The van der Waals surface area contributed by atoms with Crippen molar-refractivity contribution < 1.29 is 13.2 Å². The van der Waals surface area contributed by atoms with Crippen LogP contribution in [0.3, 0.4) is 0 Å². The molecule has 1 nitrogen and oxygen atoms in total. The van der Waals surface area contributed by atoms with E-state index >= 15 is 0 Å². The van der Waals surface area contributed by atoms with Crippen molar-refractivity contribution >= 4 is 12.4 Å². The molecular formula is C12H17ClF3N. The van der Waals surface area contributed by atoms with Crippen LogP contribution in [0.4, 0.5) is 13.2 Å². The predicted octanol–water partition coefficient (Wildman–Crippen LogP) is 3.72. The summed E-state index contributed by atoms with van der Waals surface area (Å²) in [7, 11) is 0. The molecule has 0 saturated carbocycles. The Morgan fingerprint density at radius 2 is 1.88 bits per heavy atom. The van der Waals surface area contributed by atoms with Gasteiger partial charge in [0.25, 0.3) is 0 Å². The van der Waals surface area contributed by atoms with Gasteiger partial charge in [-0.3, -0.25) is 0 Å². The Kier molecular flexibility index (Phi) is 5.99. The minimum atomic E-state index is -4.30. The molecule has 0 aliphatic carbocycles. The highest BCUT2D eigenvalue weighted by Gasteiger charge is 2.33. The molecule has 0 saturated heterocycles. The van der Waals surface area contributed by atoms with Gasteiger partial charge >= 0.3 is 6.18 Å². The lowest BCUT2D eigenvalue weighted by molar-refractivity contribution is -0.138. The average Bonchev–Trinajstić information content (AvgIpc) is 2.15. The summed E-state index contributed by atoms with van der Waals surface area (Å²) in [6.45, 7) is 3.65. The van der Waals surface area contributed by atoms with E-state index in [4.69, 9.17) is 5.73 Å². The van der Waals surface area contributed by atoms with Crippen molar-refractivity contribution in [1.29, 1.82) is 0 Å². The van der Waals surface area contributed by atoms with Crippen molar-refractivity contribution in [2.75, 3.05) is 0 Å². The number of hydrogen-bond donors (Lipinski definition) is 1. The third kappa shape index (κ3) is 4.56. The van der Waals surface area contributed by atoms with Crippen LogP contribution in [0.2, 0.25) is 0 Å². The quantitative estimate of drug-likeness (QED) is 0.888. The van der Waals surface area contributed by atoms with E-state index in [1.54, 1.807) is 13.0 Å². The number of nitrogens with two attached hydrogens (primary N) is 1. The van der Waals surface area contributed by atoms with Crippen molar-refractivity contribution in [1.82, 2.24) is 0 Å². The molecule has 0 bridgehead atoms. The lowest BCUT2D eigenvalue weighted by Gasteiger charge is -2.16. The van der Waals surface area contributed by atoms with Crippen molar-refractivity contribution in [2.45, 2.75) is 38.9 Å². The molecule has 17 heavy (non-hydrogen) atoms. The fraction of sp³-hybridized carbons (Fsp3) is 0.500. The number of aryl methyl sites for hydroxylation is 1. The van der Waals surface area contributed by atoms with Crippen LogP contribution in [-0.2, 0) is 12.6 Å². The van der Waals surface area contributed by atoms with Crippen LogP contribution in [0.1, 0.15) is 30.0 Å². The highest BCUT2D eigenvalue weighted by atomic mass is 35.5. The largest absolute Gasteiger partial charge is 0.416 e. The summed E-state index contributed by atoms with van der Waals surface area (Å²) in [5, 5.41) is 0. The Labute approximate surface area is 106 Å². The van der Waals surface area contributed by atoms with E-state index in [1.807, 2.05) is 6.92 Å². The fourth-order valence-corrected chi connectivity index (χ4v) is 1.59. The van der Waals surface area contributed by atoms with E-state index in [0.717, 1.165) is 11.6 Å². The van der Waals surface area contributed by atoms with Crippen LogP contribution in [0.25, 0.3) is 0 Å². The molecule has 0 spiro atoms. The third-order valence-electron chi connectivity index (χ3n) is 2.57. The smallest absolute Gasteiger partial charge is 0.327 e. The maximum atomic E-state index is 12.7. The second kappa shape index (κ2) is 6.26. The molecule has 0 aliphatic heterocycles. The van der Waals surface area contributed by atoms with Gasteiger partial charge in [-0.05, 0) is 31.4 Å². The van der Waals surface area contributed by atoms with E-state index in [0.29, 0.717) is 12.0 Å². The normalized spacial score (nSPS) is 13.1. The second-order valence-corrected chi connectivity index (χ2v) is 4.03. The standard InChI is InChI=1S/C12H16F3N.ClH/c1-3-10(16)7-9-6-8(2)4-5-11(9)12(13,14)15;/h4-6,10H,3,7,16H2,1-2H3;1H. The fourth-order valence-electron chi connectivity index (χ4n) is 1.59. The van der Waals surface area contributed by atoms with Gasteiger partial charge in [-0.2, -0.15) is 13.2 Å². The second-order valence-electron chi connectivity index (χ2n) is 4.03. The first-order chi connectivity index (χ1) is 7.34. The first-order valence-corrected chi connectivity index (χ1v) is 5.27. The van der Waals surface area contributed by atoms with Gasteiger partial charge in [-0.15, -0.1) is 12.4 Å². The zero-order valence-electron chi connectivity index (χ0n) is 9.84. The lowest BCUT2D eigenvalue weighted by atomic mass is 9.97. The lowest BCUT2D eigenvalue weighted by Crippen LogP contribution is -2.23. The van der Waals surface area contributed by atoms with Crippen molar-refractivity contribution in [3.63, 3.8) is 0 Å². The monoisotopic (exact) mass is 267 g/mol. The first kappa shape index (κ1) is 16.3. The Hall–Kier alpha value is -0.740. The van der Waals surface area contributed by atoms with Crippen molar-refractivity contribution in [3.05, 3.63) is 34.9 Å². The zero-order valence-corrected chi connectivity index (χ0v) is 10.7. The Morgan fingerprint density at radius 1 is 1.29 bits per heavy atom. The summed E-state index contributed by atoms with van der Waals surface area (Å²) in [6, 6.07) is 3.96. The summed E-state index contributed by atoms with van der Waals surface area (Å²) < 4.78 is 38.1. The van der Waals surface area contributed by atoms with Gasteiger partial charge in [0, 0.05) is 6.04 Å². The molecule has 0 radical (unpaired) electrons. The molecular weight excluding hydrogens is 251 g/mol. The number of halogens is 4. The average molecular weight is 268 g/mol. The molecule has 0 amide bonds.